The summed E-state index contributed by atoms with van der Waals surface area (Å²) in [5, 5.41) is 8.31. The number of nitrogens with two attached hydrogens (primary N) is 1. The Bertz CT molecular complexity index is 384. The highest BCUT2D eigenvalue weighted by Crippen LogP contribution is 2.25. The van der Waals surface area contributed by atoms with Crippen molar-refractivity contribution >= 4 is 28.7 Å². The third kappa shape index (κ3) is 2.61. The van der Waals surface area contributed by atoms with Crippen molar-refractivity contribution in [2.45, 2.75) is 0 Å². The van der Waals surface area contributed by atoms with Crippen molar-refractivity contribution in [3.8, 4) is 0 Å². The smallest absolute Gasteiger partial charge is 0.317 e. The van der Waals surface area contributed by atoms with Crippen LogP contribution in [0.25, 0.3) is 11.2 Å². The molecule has 0 saturated carbocycles. The molecule has 2 heterocycles. The van der Waals surface area contributed by atoms with E-state index in [0.29, 0.717) is 5.02 Å². The lowest BCUT2D eigenvalue weighted by Gasteiger charge is -1.73. The number of halogens is 1. The lowest BCUT2D eigenvalue weighted by atomic mass is 10.4. The third-order valence-corrected chi connectivity index (χ3v) is 1.60. The number of carboxylic acid groups (broad SMARTS) is 1. The highest BCUT2D eigenvalue weighted by atomic mass is 35.5. The highest BCUT2D eigenvalue weighted by Gasteiger charge is 2.01. The Labute approximate surface area is 79.2 Å². The molecule has 70 valence electrons. The predicted molar refractivity (Wildman–Crippen MR) is 49.1 cm³/mol. The molecular formula is C8H8ClNO3. The van der Waals surface area contributed by atoms with Crippen molar-refractivity contribution in [3.63, 3.8) is 0 Å². The molecule has 0 aliphatic rings. The van der Waals surface area contributed by atoms with Crippen molar-refractivity contribution in [1.82, 2.24) is 0 Å². The highest BCUT2D eigenvalue weighted by molar-refractivity contribution is 6.34. The number of furan rings is 2. The first-order valence-electron chi connectivity index (χ1n) is 3.52. The van der Waals surface area contributed by atoms with Gasteiger partial charge in [0.15, 0.2) is 0 Å². The number of hydrogen-bond acceptors (Lipinski definition) is 3. The standard InChI is InChI=1S/C6H3ClO.C2H5NO2/c7-5-3-4-1-2-6(5)8-4;3-1-2(4)5/h1-3H;1,3H2,(H,4,5). The van der Waals surface area contributed by atoms with Gasteiger partial charge in [0.1, 0.15) is 11.2 Å². The molecule has 0 unspecified atom stereocenters. The summed E-state index contributed by atoms with van der Waals surface area (Å²) in [5.74, 6) is -0.968. The third-order valence-electron chi connectivity index (χ3n) is 1.31. The van der Waals surface area contributed by atoms with Gasteiger partial charge in [0.25, 0.3) is 0 Å². The van der Waals surface area contributed by atoms with Gasteiger partial charge in [0, 0.05) is 6.07 Å². The Morgan fingerprint density at radius 1 is 1.62 bits per heavy atom. The summed E-state index contributed by atoms with van der Waals surface area (Å²) in [5.41, 5.74) is 6.20. The topological polar surface area (TPSA) is 76.5 Å². The lowest BCUT2D eigenvalue weighted by molar-refractivity contribution is -0.135. The number of carboxylic acids is 1. The fourth-order valence-electron chi connectivity index (χ4n) is 0.755. The molecule has 0 saturated heterocycles. The van der Waals surface area contributed by atoms with Crippen LogP contribution in [0.1, 0.15) is 0 Å². The molecule has 2 aromatic rings. The molecule has 3 N–H and O–H groups in total. The second kappa shape index (κ2) is 4.11. The van der Waals surface area contributed by atoms with E-state index in [1.54, 1.807) is 6.07 Å². The summed E-state index contributed by atoms with van der Waals surface area (Å²) in [6.45, 7) is -0.278. The zero-order valence-corrected chi connectivity index (χ0v) is 7.41. The average Bonchev–Trinajstić information content (AvgIpc) is 2.65. The van der Waals surface area contributed by atoms with Gasteiger partial charge in [0.2, 0.25) is 0 Å². The summed E-state index contributed by atoms with van der Waals surface area (Å²) in [4.78, 5) is 9.24. The minimum absolute atomic E-state index is 0.278. The van der Waals surface area contributed by atoms with Gasteiger partial charge in [-0.1, -0.05) is 11.6 Å². The van der Waals surface area contributed by atoms with Gasteiger partial charge in [-0.15, -0.1) is 0 Å². The SMILES string of the molecule is Clc1cc2ccc1o2.NCC(=O)O. The van der Waals surface area contributed by atoms with Crippen LogP contribution in [0.2, 0.25) is 5.02 Å². The van der Waals surface area contributed by atoms with Crippen LogP contribution in [0, 0.1) is 0 Å². The van der Waals surface area contributed by atoms with Crippen LogP contribution in [-0.2, 0) is 4.79 Å². The van der Waals surface area contributed by atoms with E-state index in [0.717, 1.165) is 11.2 Å². The Morgan fingerprint density at radius 2 is 2.23 bits per heavy atom. The summed E-state index contributed by atoms with van der Waals surface area (Å²) >= 11 is 5.64. The van der Waals surface area contributed by atoms with Crippen LogP contribution in [0.4, 0.5) is 0 Å². The number of carbonyl (C=O) groups is 1. The molecular weight excluding hydrogens is 194 g/mol. The molecule has 0 radical (unpaired) electrons. The average molecular weight is 202 g/mol. The largest absolute Gasteiger partial charge is 0.480 e. The van der Waals surface area contributed by atoms with Crippen molar-refractivity contribution in [2.75, 3.05) is 6.54 Å². The molecule has 0 amide bonds. The minimum atomic E-state index is -0.968. The minimum Gasteiger partial charge on any atom is -0.480 e. The van der Waals surface area contributed by atoms with E-state index in [-0.39, 0.29) is 6.54 Å². The van der Waals surface area contributed by atoms with E-state index in [1.807, 2.05) is 12.1 Å². The second-order valence-electron chi connectivity index (χ2n) is 2.29. The maximum Gasteiger partial charge on any atom is 0.317 e. The number of rotatable bonds is 1. The number of fused-ring (bicyclic) bond motifs is 2. The van der Waals surface area contributed by atoms with Gasteiger partial charge >= 0.3 is 5.97 Å². The maximum absolute atomic E-state index is 9.24. The molecule has 2 rings (SSSR count). The first-order chi connectivity index (χ1) is 6.13. The Morgan fingerprint density at radius 3 is 2.38 bits per heavy atom. The molecule has 0 aliphatic carbocycles. The number of benzene rings is 1. The van der Waals surface area contributed by atoms with Crippen molar-refractivity contribution in [1.29, 1.82) is 0 Å². The Balaban J connectivity index is 0.000000149. The van der Waals surface area contributed by atoms with Gasteiger partial charge < -0.3 is 15.3 Å². The fourth-order valence-corrected chi connectivity index (χ4v) is 0.964. The first-order valence-corrected chi connectivity index (χ1v) is 3.90. The predicted octanol–water partition coefficient (Wildman–Crippen LogP) is 1.55. The molecule has 2 bridgehead atoms. The van der Waals surface area contributed by atoms with Gasteiger partial charge in [-0.2, -0.15) is 0 Å². The lowest BCUT2D eigenvalue weighted by Crippen LogP contribution is -2.10. The molecule has 0 aromatic carbocycles. The quantitative estimate of drug-likeness (QED) is 0.734. The van der Waals surface area contributed by atoms with E-state index in [4.69, 9.17) is 21.1 Å². The van der Waals surface area contributed by atoms with Gasteiger partial charge in [-0.05, 0) is 12.1 Å². The van der Waals surface area contributed by atoms with Crippen LogP contribution in [0.3, 0.4) is 0 Å². The first kappa shape index (κ1) is 9.83. The molecule has 0 spiro atoms. The fraction of sp³-hybridized carbons (Fsp3) is 0.125. The van der Waals surface area contributed by atoms with Crippen molar-refractivity contribution < 1.29 is 14.3 Å². The van der Waals surface area contributed by atoms with E-state index in [1.165, 1.54) is 0 Å². The molecule has 0 fully saturated rings. The summed E-state index contributed by atoms with van der Waals surface area (Å²) in [7, 11) is 0. The van der Waals surface area contributed by atoms with Crippen molar-refractivity contribution in [3.05, 3.63) is 23.2 Å². The van der Waals surface area contributed by atoms with E-state index in [9.17, 15) is 4.79 Å². The van der Waals surface area contributed by atoms with Crippen LogP contribution in [-0.4, -0.2) is 17.6 Å². The zero-order valence-electron chi connectivity index (χ0n) is 6.66. The molecule has 5 heteroatoms. The van der Waals surface area contributed by atoms with E-state index < -0.39 is 5.97 Å². The number of aliphatic carboxylic acids is 1. The Kier molecular flexibility index (Phi) is 3.11. The molecule has 0 aliphatic heterocycles. The number of hydrogen-bond donors (Lipinski definition) is 2. The van der Waals surface area contributed by atoms with Gasteiger partial charge in [0.05, 0.1) is 11.6 Å². The molecule has 13 heavy (non-hydrogen) atoms. The van der Waals surface area contributed by atoms with Crippen LogP contribution >= 0.6 is 11.6 Å². The van der Waals surface area contributed by atoms with Crippen LogP contribution in [0.5, 0.6) is 0 Å². The summed E-state index contributed by atoms with van der Waals surface area (Å²) in [6.07, 6.45) is 0. The molecule has 0 atom stereocenters. The molecule has 4 nitrogen and oxygen atoms in total. The van der Waals surface area contributed by atoms with Crippen LogP contribution < -0.4 is 5.73 Å². The normalized spacial score (nSPS) is 9.69. The second-order valence-corrected chi connectivity index (χ2v) is 2.70. The summed E-state index contributed by atoms with van der Waals surface area (Å²) in [6, 6.07) is 5.55. The zero-order chi connectivity index (χ0) is 9.84. The Hall–Kier alpha value is -1.26. The monoisotopic (exact) mass is 201 g/mol. The van der Waals surface area contributed by atoms with Crippen LogP contribution in [0.15, 0.2) is 22.6 Å². The van der Waals surface area contributed by atoms with Gasteiger partial charge in [-0.25, -0.2) is 0 Å². The van der Waals surface area contributed by atoms with E-state index >= 15 is 0 Å². The summed E-state index contributed by atoms with van der Waals surface area (Å²) < 4.78 is 5.08. The van der Waals surface area contributed by atoms with E-state index in [2.05, 4.69) is 5.73 Å². The maximum atomic E-state index is 9.24. The van der Waals surface area contributed by atoms with Crippen molar-refractivity contribution in [2.24, 2.45) is 5.73 Å². The molecule has 2 aromatic heterocycles. The van der Waals surface area contributed by atoms with Gasteiger partial charge in [-0.3, -0.25) is 4.79 Å².